The fourth-order valence-corrected chi connectivity index (χ4v) is 3.28. The molecule has 1 N–H and O–H groups in total. The largest absolute Gasteiger partial charge is 0.497 e. The van der Waals surface area contributed by atoms with Gasteiger partial charge in [0, 0.05) is 31.5 Å². The van der Waals surface area contributed by atoms with Crippen molar-refractivity contribution in [1.82, 2.24) is 44.9 Å². The van der Waals surface area contributed by atoms with Crippen LogP contribution in [0, 0.1) is 0 Å². The van der Waals surface area contributed by atoms with E-state index in [1.807, 2.05) is 33.6 Å². The van der Waals surface area contributed by atoms with Crippen molar-refractivity contribution in [2.45, 2.75) is 13.1 Å². The van der Waals surface area contributed by atoms with E-state index in [1.54, 1.807) is 24.3 Å². The number of ether oxygens (including phenoxy) is 1. The van der Waals surface area contributed by atoms with Gasteiger partial charge in [-0.1, -0.05) is 0 Å². The van der Waals surface area contributed by atoms with Crippen LogP contribution in [-0.2, 0) is 13.1 Å². The first-order valence-electron chi connectivity index (χ1n) is 8.56. The molecule has 1 aromatic carbocycles. The summed E-state index contributed by atoms with van der Waals surface area (Å²) in [4.78, 5) is 4.55. The van der Waals surface area contributed by atoms with Crippen LogP contribution in [0.15, 0.2) is 43.0 Å². The third kappa shape index (κ3) is 3.02. The van der Waals surface area contributed by atoms with Crippen molar-refractivity contribution in [1.29, 1.82) is 0 Å². The molecule has 0 bridgehead atoms. The number of tetrazole rings is 1. The first-order valence-corrected chi connectivity index (χ1v) is 8.56. The van der Waals surface area contributed by atoms with Crippen molar-refractivity contribution in [2.24, 2.45) is 0 Å². The first kappa shape index (κ1) is 18.1. The molecule has 1 aliphatic rings. The Morgan fingerprint density at radius 1 is 1.18 bits per heavy atom. The van der Waals surface area contributed by atoms with Gasteiger partial charge in [0.25, 0.3) is 0 Å². The lowest BCUT2D eigenvalue weighted by Gasteiger charge is -2.14. The zero-order chi connectivity index (χ0) is 18.2. The number of methoxy groups -OCH3 is 1. The van der Waals surface area contributed by atoms with Gasteiger partial charge < -0.3 is 10.1 Å². The number of aromatic nitrogens is 8. The van der Waals surface area contributed by atoms with Gasteiger partial charge in [0.2, 0.25) is 0 Å². The fourth-order valence-electron chi connectivity index (χ4n) is 3.28. The van der Waals surface area contributed by atoms with Crippen LogP contribution in [-0.4, -0.2) is 53.2 Å². The summed E-state index contributed by atoms with van der Waals surface area (Å²) >= 11 is 0. The van der Waals surface area contributed by atoms with Crippen LogP contribution in [0.5, 0.6) is 5.75 Å². The molecule has 3 aromatic heterocycles. The van der Waals surface area contributed by atoms with E-state index in [9.17, 15) is 0 Å². The van der Waals surface area contributed by atoms with Crippen LogP contribution in [0.1, 0.15) is 5.69 Å². The van der Waals surface area contributed by atoms with Crippen molar-refractivity contribution in [3.63, 3.8) is 0 Å². The van der Waals surface area contributed by atoms with E-state index in [0.717, 1.165) is 54.0 Å². The minimum atomic E-state index is 0. The molecule has 0 fully saturated rings. The van der Waals surface area contributed by atoms with Crippen LogP contribution in [0.25, 0.3) is 22.9 Å². The number of halogens is 1. The Balaban J connectivity index is 0.00000192. The number of nitrogens with zero attached hydrogens (tertiary/aromatic N) is 8. The highest BCUT2D eigenvalue weighted by molar-refractivity contribution is 5.85. The van der Waals surface area contributed by atoms with Crippen molar-refractivity contribution in [3.05, 3.63) is 48.7 Å². The maximum Gasteiger partial charge on any atom is 0.165 e. The minimum Gasteiger partial charge on any atom is -0.497 e. The second kappa shape index (κ2) is 7.41. The Morgan fingerprint density at radius 3 is 2.89 bits per heavy atom. The Morgan fingerprint density at radius 2 is 2.11 bits per heavy atom. The Bertz CT molecular complexity index is 1060. The summed E-state index contributed by atoms with van der Waals surface area (Å²) in [6.45, 7) is 2.58. The molecule has 0 saturated heterocycles. The molecule has 4 heterocycles. The molecule has 0 atom stereocenters. The number of fused-ring (bicyclic) bond motifs is 1. The molecule has 0 spiro atoms. The summed E-state index contributed by atoms with van der Waals surface area (Å²) < 4.78 is 11.0. The third-order valence-electron chi connectivity index (χ3n) is 4.58. The molecule has 0 amide bonds. The van der Waals surface area contributed by atoms with Crippen LogP contribution >= 0.6 is 12.4 Å². The number of hydrogen-bond acceptors (Lipinski definition) is 7. The smallest absolute Gasteiger partial charge is 0.165 e. The predicted molar refractivity (Wildman–Crippen MR) is 103 cm³/mol. The fraction of sp³-hybridized carbons (Fsp3) is 0.235. The Labute approximate surface area is 166 Å². The lowest BCUT2D eigenvalue weighted by molar-refractivity contribution is 0.414. The summed E-state index contributed by atoms with van der Waals surface area (Å²) in [5.74, 6) is 1.48. The number of imidazole rings is 1. The van der Waals surface area contributed by atoms with Crippen LogP contribution in [0.2, 0.25) is 0 Å². The molecular formula is C17H18ClN9O. The van der Waals surface area contributed by atoms with Gasteiger partial charge in [-0.3, -0.25) is 9.25 Å². The first-order chi connectivity index (χ1) is 13.3. The second-order valence-electron chi connectivity index (χ2n) is 6.15. The topological polar surface area (TPSA) is 101 Å². The van der Waals surface area contributed by atoms with Gasteiger partial charge in [-0.05, 0) is 28.6 Å². The maximum atomic E-state index is 5.41. The summed E-state index contributed by atoms with van der Waals surface area (Å²) in [6, 6.07) is 7.79. The molecule has 4 aromatic rings. The van der Waals surface area contributed by atoms with Crippen molar-refractivity contribution >= 4 is 12.4 Å². The summed E-state index contributed by atoms with van der Waals surface area (Å²) in [5, 5.41) is 19.6. The zero-order valence-corrected chi connectivity index (χ0v) is 15.9. The lowest BCUT2D eigenvalue weighted by Crippen LogP contribution is -2.28. The summed E-state index contributed by atoms with van der Waals surface area (Å²) in [6.07, 6.45) is 5.21. The molecule has 0 unspecified atom stereocenters. The van der Waals surface area contributed by atoms with Crippen LogP contribution in [0.3, 0.4) is 0 Å². The van der Waals surface area contributed by atoms with E-state index in [0.29, 0.717) is 0 Å². The van der Waals surface area contributed by atoms with Crippen LogP contribution in [0.4, 0.5) is 0 Å². The van der Waals surface area contributed by atoms with Crippen molar-refractivity contribution in [3.8, 4) is 28.6 Å². The van der Waals surface area contributed by atoms with Gasteiger partial charge in [-0.2, -0.15) is 9.78 Å². The highest BCUT2D eigenvalue weighted by atomic mass is 35.5. The van der Waals surface area contributed by atoms with E-state index in [1.165, 1.54) is 0 Å². The molecule has 144 valence electrons. The van der Waals surface area contributed by atoms with Gasteiger partial charge in [0.1, 0.15) is 17.8 Å². The minimum absolute atomic E-state index is 0. The molecule has 10 nitrogen and oxygen atoms in total. The normalized spacial score (nSPS) is 13.0. The molecule has 0 radical (unpaired) electrons. The van der Waals surface area contributed by atoms with Crippen molar-refractivity contribution in [2.75, 3.05) is 13.7 Å². The van der Waals surface area contributed by atoms with Gasteiger partial charge in [-0.25, -0.2) is 4.98 Å². The molecule has 1 aliphatic heterocycles. The number of hydrogen-bond donors (Lipinski definition) is 1. The van der Waals surface area contributed by atoms with E-state index < -0.39 is 0 Å². The van der Waals surface area contributed by atoms with E-state index in [-0.39, 0.29) is 12.4 Å². The number of benzene rings is 1. The average Bonchev–Trinajstić information content (AvgIpc) is 3.47. The average molecular weight is 400 g/mol. The third-order valence-corrected chi connectivity index (χ3v) is 4.58. The highest BCUT2D eigenvalue weighted by Crippen LogP contribution is 2.28. The molecule has 5 rings (SSSR count). The predicted octanol–water partition coefficient (Wildman–Crippen LogP) is 1.25. The molecule has 11 heteroatoms. The molecule has 28 heavy (non-hydrogen) atoms. The molecule has 0 aliphatic carbocycles. The number of rotatable bonds is 4. The molecule has 0 saturated carbocycles. The SMILES string of the molecule is COc1ccc(-n2cnnn2)c(-n2ccnc2-c2cc3n(n2)CCNC3)c1.Cl. The zero-order valence-electron chi connectivity index (χ0n) is 15.1. The summed E-state index contributed by atoms with van der Waals surface area (Å²) in [5.41, 5.74) is 3.63. The van der Waals surface area contributed by atoms with E-state index in [4.69, 9.17) is 9.84 Å². The Hall–Kier alpha value is -3.24. The molecular weight excluding hydrogens is 382 g/mol. The van der Waals surface area contributed by atoms with Crippen LogP contribution < -0.4 is 10.1 Å². The number of nitrogens with one attached hydrogen (secondary N) is 1. The van der Waals surface area contributed by atoms with Gasteiger partial charge >= 0.3 is 0 Å². The highest BCUT2D eigenvalue weighted by Gasteiger charge is 2.19. The van der Waals surface area contributed by atoms with Gasteiger partial charge in [0.05, 0.1) is 30.7 Å². The summed E-state index contributed by atoms with van der Waals surface area (Å²) in [7, 11) is 1.64. The monoisotopic (exact) mass is 399 g/mol. The van der Waals surface area contributed by atoms with Crippen molar-refractivity contribution < 1.29 is 4.74 Å². The Kier molecular flexibility index (Phi) is 4.80. The van der Waals surface area contributed by atoms with E-state index in [2.05, 4.69) is 31.9 Å². The van der Waals surface area contributed by atoms with Gasteiger partial charge in [-0.15, -0.1) is 17.5 Å². The quantitative estimate of drug-likeness (QED) is 0.551. The lowest BCUT2D eigenvalue weighted by atomic mass is 10.2. The second-order valence-corrected chi connectivity index (χ2v) is 6.15. The van der Waals surface area contributed by atoms with Gasteiger partial charge in [0.15, 0.2) is 5.82 Å². The standard InChI is InChI=1S/C17H17N9O.ClH/c1-27-13-2-3-15(26-11-20-22-23-26)16(9-13)24-6-5-19-17(24)14-8-12-10-18-4-7-25(12)21-14;/h2-3,5-6,8-9,11,18H,4,7,10H2,1H3;1H. The maximum absolute atomic E-state index is 5.41. The van der Waals surface area contributed by atoms with E-state index >= 15 is 0 Å².